The van der Waals surface area contributed by atoms with Crippen molar-refractivity contribution < 1.29 is 24.5 Å². The fourth-order valence-electron chi connectivity index (χ4n) is 6.86. The van der Waals surface area contributed by atoms with E-state index in [1.165, 1.54) is 70.6 Å². The van der Waals surface area contributed by atoms with E-state index in [0.29, 0.717) is 19.3 Å². The van der Waals surface area contributed by atoms with Crippen molar-refractivity contribution in [2.24, 2.45) is 0 Å². The van der Waals surface area contributed by atoms with Crippen LogP contribution >= 0.6 is 0 Å². The molecular weight excluding hydrogens is 779 g/mol. The van der Waals surface area contributed by atoms with E-state index in [9.17, 15) is 19.8 Å². The van der Waals surface area contributed by atoms with Crippen LogP contribution in [0.2, 0.25) is 0 Å². The first-order valence-corrected chi connectivity index (χ1v) is 25.3. The molecule has 356 valence electrons. The minimum Gasteiger partial charge on any atom is -0.462 e. The summed E-state index contributed by atoms with van der Waals surface area (Å²) in [5.74, 6) is -0.599. The first kappa shape index (κ1) is 59.3. The second-order valence-corrected chi connectivity index (χ2v) is 16.6. The van der Waals surface area contributed by atoms with E-state index in [-0.39, 0.29) is 24.9 Å². The highest BCUT2D eigenvalue weighted by molar-refractivity contribution is 5.77. The summed E-state index contributed by atoms with van der Waals surface area (Å²) in [5, 5.41) is 23.7. The molecule has 0 aliphatic rings. The van der Waals surface area contributed by atoms with Crippen molar-refractivity contribution >= 4 is 11.9 Å². The number of carbonyl (C=O) groups is 2. The van der Waals surface area contributed by atoms with Gasteiger partial charge < -0.3 is 20.3 Å². The van der Waals surface area contributed by atoms with Crippen molar-refractivity contribution in [1.29, 1.82) is 0 Å². The largest absolute Gasteiger partial charge is 0.462 e. The molecule has 0 heterocycles. The fraction of sp³-hybridized carbons (Fsp3) is 0.614. The summed E-state index contributed by atoms with van der Waals surface area (Å²) in [4.78, 5) is 26.1. The minimum atomic E-state index is -0.820. The fourth-order valence-corrected chi connectivity index (χ4v) is 6.86. The quantitative estimate of drug-likeness (QED) is 0.0245. The van der Waals surface area contributed by atoms with Gasteiger partial charge in [-0.2, -0.15) is 0 Å². The number of hydrogen-bond donors (Lipinski definition) is 3. The van der Waals surface area contributed by atoms with Gasteiger partial charge in [-0.1, -0.05) is 226 Å². The van der Waals surface area contributed by atoms with Crippen molar-refractivity contribution in [1.82, 2.24) is 5.32 Å². The standard InChI is InChI=1S/C57H93NO5/c1-4-7-10-13-16-19-22-24-26-27-28-29-31-33-35-38-41-44-47-50-57(62)63-53(48-45-42-39-36-34-32-30-25-23-20-17-14-11-8-5-2)51-56(61)58-54(52-59)55(60)49-46-43-40-37-21-18-15-12-9-6-3/h8,11,14,16-17,19-20,23-26,28-30,32-36,39,53-55,59-60H,4-7,9-10,12-13,15,18,21-22,27,31,37-38,40-52H2,1-3H3,(H,58,61)/b11-8-,17-14+,19-16-,23-20+,26-24-,29-28-,30-25-,34-32+,35-33-,39-36+. The van der Waals surface area contributed by atoms with Crippen molar-refractivity contribution in [3.63, 3.8) is 0 Å². The van der Waals surface area contributed by atoms with Crippen LogP contribution in [0.4, 0.5) is 0 Å². The molecule has 0 bridgehead atoms. The first-order valence-electron chi connectivity index (χ1n) is 25.3. The van der Waals surface area contributed by atoms with Crippen LogP contribution in [0.1, 0.15) is 201 Å². The Morgan fingerprint density at radius 1 is 0.492 bits per heavy atom. The smallest absolute Gasteiger partial charge is 0.306 e. The number of rotatable bonds is 43. The predicted molar refractivity (Wildman–Crippen MR) is 273 cm³/mol. The van der Waals surface area contributed by atoms with Gasteiger partial charge in [-0.15, -0.1) is 0 Å². The number of esters is 1. The Hall–Kier alpha value is -3.74. The van der Waals surface area contributed by atoms with Gasteiger partial charge in [0.2, 0.25) is 5.91 Å². The number of allylic oxidation sites excluding steroid dienone is 20. The van der Waals surface area contributed by atoms with Crippen LogP contribution in [0.25, 0.3) is 0 Å². The highest BCUT2D eigenvalue weighted by Crippen LogP contribution is 2.16. The van der Waals surface area contributed by atoms with Gasteiger partial charge in [-0.3, -0.25) is 9.59 Å². The van der Waals surface area contributed by atoms with Crippen LogP contribution in [0, 0.1) is 0 Å². The number of hydrogen-bond acceptors (Lipinski definition) is 5. The van der Waals surface area contributed by atoms with Gasteiger partial charge in [0, 0.05) is 6.42 Å². The second-order valence-electron chi connectivity index (χ2n) is 16.6. The zero-order valence-electron chi connectivity index (χ0n) is 40.4. The average molecular weight is 872 g/mol. The lowest BCUT2D eigenvalue weighted by Crippen LogP contribution is -2.46. The molecule has 0 aliphatic heterocycles. The molecule has 0 saturated carbocycles. The molecule has 0 spiro atoms. The second kappa shape index (κ2) is 49.3. The molecule has 0 aromatic heterocycles. The van der Waals surface area contributed by atoms with Gasteiger partial charge in [0.1, 0.15) is 6.10 Å². The lowest BCUT2D eigenvalue weighted by Gasteiger charge is -2.24. The van der Waals surface area contributed by atoms with Crippen molar-refractivity contribution in [3.8, 4) is 0 Å². The maximum absolute atomic E-state index is 13.2. The number of ether oxygens (including phenoxy) is 1. The normalized spacial score (nSPS) is 14.3. The summed E-state index contributed by atoms with van der Waals surface area (Å²) in [5.41, 5.74) is 0. The molecule has 3 atom stereocenters. The van der Waals surface area contributed by atoms with Gasteiger partial charge in [-0.25, -0.2) is 0 Å². The molecule has 0 rings (SSSR count). The predicted octanol–water partition coefficient (Wildman–Crippen LogP) is 15.3. The van der Waals surface area contributed by atoms with E-state index in [1.807, 2.05) is 60.8 Å². The topological polar surface area (TPSA) is 95.9 Å². The van der Waals surface area contributed by atoms with E-state index < -0.39 is 18.2 Å². The molecule has 0 saturated heterocycles. The van der Waals surface area contributed by atoms with E-state index in [2.05, 4.69) is 86.8 Å². The Morgan fingerprint density at radius 2 is 0.937 bits per heavy atom. The summed E-state index contributed by atoms with van der Waals surface area (Å²) in [6.07, 6.45) is 68.3. The van der Waals surface area contributed by atoms with Gasteiger partial charge in [0.05, 0.1) is 25.2 Å². The minimum absolute atomic E-state index is 0.00525. The summed E-state index contributed by atoms with van der Waals surface area (Å²) < 4.78 is 5.88. The van der Waals surface area contributed by atoms with Crippen LogP contribution in [0.5, 0.6) is 0 Å². The van der Waals surface area contributed by atoms with E-state index in [4.69, 9.17) is 4.74 Å². The molecule has 0 fully saturated rings. The van der Waals surface area contributed by atoms with E-state index in [1.54, 1.807) is 0 Å². The Kier molecular flexibility index (Phi) is 46.4. The molecule has 3 N–H and O–H groups in total. The van der Waals surface area contributed by atoms with Gasteiger partial charge >= 0.3 is 5.97 Å². The lowest BCUT2D eigenvalue weighted by atomic mass is 10.0. The third kappa shape index (κ3) is 44.7. The Morgan fingerprint density at radius 3 is 1.48 bits per heavy atom. The molecule has 1 amide bonds. The average Bonchev–Trinajstić information content (AvgIpc) is 3.28. The van der Waals surface area contributed by atoms with Gasteiger partial charge in [0.15, 0.2) is 0 Å². The van der Waals surface area contributed by atoms with Crippen molar-refractivity contribution in [3.05, 3.63) is 122 Å². The maximum atomic E-state index is 13.2. The summed E-state index contributed by atoms with van der Waals surface area (Å²) >= 11 is 0. The van der Waals surface area contributed by atoms with Crippen LogP contribution in [-0.4, -0.2) is 46.9 Å². The molecule has 0 aliphatic carbocycles. The summed E-state index contributed by atoms with van der Waals surface area (Å²) in [7, 11) is 0. The highest BCUT2D eigenvalue weighted by Gasteiger charge is 2.24. The summed E-state index contributed by atoms with van der Waals surface area (Å²) in [6, 6.07) is -0.740. The monoisotopic (exact) mass is 872 g/mol. The van der Waals surface area contributed by atoms with Crippen molar-refractivity contribution in [2.75, 3.05) is 6.61 Å². The molecule has 6 nitrogen and oxygen atoms in total. The molecular formula is C57H93NO5. The number of carbonyl (C=O) groups excluding carboxylic acids is 2. The van der Waals surface area contributed by atoms with Crippen LogP contribution < -0.4 is 5.32 Å². The zero-order chi connectivity index (χ0) is 45.9. The molecule has 3 unspecified atom stereocenters. The van der Waals surface area contributed by atoms with Gasteiger partial charge in [-0.05, 0) is 83.5 Å². The molecule has 6 heteroatoms. The third-order valence-corrected chi connectivity index (χ3v) is 10.7. The molecule has 63 heavy (non-hydrogen) atoms. The number of aliphatic hydroxyl groups excluding tert-OH is 2. The highest BCUT2D eigenvalue weighted by atomic mass is 16.5. The maximum Gasteiger partial charge on any atom is 0.306 e. The van der Waals surface area contributed by atoms with Crippen LogP contribution in [-0.2, 0) is 14.3 Å². The van der Waals surface area contributed by atoms with Crippen LogP contribution in [0.3, 0.4) is 0 Å². The molecule has 0 aromatic carbocycles. The van der Waals surface area contributed by atoms with E-state index >= 15 is 0 Å². The Labute approximate surface area is 387 Å². The number of unbranched alkanes of at least 4 members (excludes halogenated alkanes) is 16. The van der Waals surface area contributed by atoms with Gasteiger partial charge in [0.25, 0.3) is 0 Å². The van der Waals surface area contributed by atoms with E-state index in [0.717, 1.165) is 83.5 Å². The molecule has 0 aromatic rings. The first-order chi connectivity index (χ1) is 31.0. The number of amides is 1. The SMILES string of the molecule is CC\C=C/C=C/C=C/C=C\C=C\C=C\CCCC(CC(=O)NC(CO)C(O)CCCCCCCCCCCC)OC(=O)CCCCC/C=C\C/C=C\C/C=C\C/C=C\CCCCC. The zero-order valence-corrected chi connectivity index (χ0v) is 40.4. The molecule has 0 radical (unpaired) electrons. The Balaban J connectivity index is 4.80. The Bertz CT molecular complexity index is 1350. The number of nitrogens with one attached hydrogen (secondary N) is 1. The number of aliphatic hydroxyl groups is 2. The summed E-state index contributed by atoms with van der Waals surface area (Å²) in [6.45, 7) is 6.25. The van der Waals surface area contributed by atoms with Crippen molar-refractivity contribution in [2.45, 2.75) is 219 Å². The van der Waals surface area contributed by atoms with Crippen LogP contribution in [0.15, 0.2) is 122 Å². The third-order valence-electron chi connectivity index (χ3n) is 10.7. The lowest BCUT2D eigenvalue weighted by molar-refractivity contribution is -0.151.